The monoisotopic (exact) mass is 359 g/mol. The molecule has 0 saturated carbocycles. The van der Waals surface area contributed by atoms with Gasteiger partial charge in [0.1, 0.15) is 5.75 Å². The van der Waals surface area contributed by atoms with Gasteiger partial charge >= 0.3 is 0 Å². The number of benzene rings is 1. The number of fused-ring (bicyclic) bond motifs is 1. The lowest BCUT2D eigenvalue weighted by molar-refractivity contribution is -0.140. The van der Waals surface area contributed by atoms with Crippen LogP contribution in [0.5, 0.6) is 5.75 Å². The van der Waals surface area contributed by atoms with Crippen molar-refractivity contribution in [2.24, 2.45) is 5.92 Å². The van der Waals surface area contributed by atoms with Crippen LogP contribution in [0.15, 0.2) is 18.2 Å². The summed E-state index contributed by atoms with van der Waals surface area (Å²) >= 11 is 1.69. The molecule has 1 atom stereocenters. The summed E-state index contributed by atoms with van der Waals surface area (Å²) in [6.07, 6.45) is 4.65. The van der Waals surface area contributed by atoms with Crippen LogP contribution in [0.3, 0.4) is 0 Å². The fourth-order valence-electron chi connectivity index (χ4n) is 3.90. The lowest BCUT2D eigenvalue weighted by Gasteiger charge is -2.43. The van der Waals surface area contributed by atoms with Crippen molar-refractivity contribution in [1.29, 1.82) is 0 Å². The zero-order valence-corrected chi connectivity index (χ0v) is 15.7. The molecule has 0 radical (unpaired) electrons. The van der Waals surface area contributed by atoms with Crippen LogP contribution in [0.4, 0.5) is 5.13 Å². The quantitative estimate of drug-likeness (QED) is 0.838. The zero-order chi connectivity index (χ0) is 17.4. The van der Waals surface area contributed by atoms with Gasteiger partial charge in [0.05, 0.1) is 23.2 Å². The van der Waals surface area contributed by atoms with Gasteiger partial charge in [-0.15, -0.1) is 0 Å². The molecular formula is C19H25N3O2S. The number of ether oxygens (including phenoxy) is 1. The van der Waals surface area contributed by atoms with E-state index in [1.54, 1.807) is 18.4 Å². The number of likely N-dealkylation sites (tertiary alicyclic amines) is 1. The lowest BCUT2D eigenvalue weighted by Crippen LogP contribution is -2.57. The molecule has 2 aliphatic rings. The molecule has 0 N–H and O–H groups in total. The minimum Gasteiger partial charge on any atom is -0.497 e. The summed E-state index contributed by atoms with van der Waals surface area (Å²) in [6.45, 7) is 4.72. The third-order valence-electron chi connectivity index (χ3n) is 5.47. The van der Waals surface area contributed by atoms with Gasteiger partial charge in [0.2, 0.25) is 5.91 Å². The SMILES string of the molecule is CCC1CCCCN1C(=O)C1CN(c2nc3cc(OC)ccc3s2)C1. The fourth-order valence-corrected chi connectivity index (χ4v) is 4.86. The van der Waals surface area contributed by atoms with Crippen molar-refractivity contribution >= 4 is 32.6 Å². The topological polar surface area (TPSA) is 45.7 Å². The van der Waals surface area contributed by atoms with Gasteiger partial charge in [-0.25, -0.2) is 4.98 Å². The number of aromatic nitrogens is 1. The van der Waals surface area contributed by atoms with E-state index in [9.17, 15) is 4.79 Å². The highest BCUT2D eigenvalue weighted by Crippen LogP contribution is 2.35. The molecular weight excluding hydrogens is 334 g/mol. The summed E-state index contributed by atoms with van der Waals surface area (Å²) in [4.78, 5) is 21.9. The van der Waals surface area contributed by atoms with E-state index in [1.165, 1.54) is 12.8 Å². The Morgan fingerprint density at radius 3 is 2.96 bits per heavy atom. The molecule has 1 aromatic heterocycles. The molecule has 0 bridgehead atoms. The van der Waals surface area contributed by atoms with Gasteiger partial charge in [-0.05, 0) is 37.8 Å². The molecule has 0 aliphatic carbocycles. The average Bonchev–Trinajstić information content (AvgIpc) is 3.02. The summed E-state index contributed by atoms with van der Waals surface area (Å²) in [5.41, 5.74) is 0.969. The predicted octanol–water partition coefficient (Wildman–Crippen LogP) is 3.53. The second-order valence-corrected chi connectivity index (χ2v) is 8.03. The molecule has 2 saturated heterocycles. The van der Waals surface area contributed by atoms with Crippen molar-refractivity contribution in [1.82, 2.24) is 9.88 Å². The molecule has 1 aromatic carbocycles. The number of piperidine rings is 1. The van der Waals surface area contributed by atoms with E-state index in [2.05, 4.69) is 22.8 Å². The van der Waals surface area contributed by atoms with Crippen molar-refractivity contribution in [3.63, 3.8) is 0 Å². The number of rotatable bonds is 4. The molecule has 1 unspecified atom stereocenters. The van der Waals surface area contributed by atoms with Gasteiger partial charge in [-0.2, -0.15) is 0 Å². The zero-order valence-electron chi connectivity index (χ0n) is 14.9. The van der Waals surface area contributed by atoms with Crippen LogP contribution in [0.2, 0.25) is 0 Å². The Hall–Kier alpha value is -1.82. The van der Waals surface area contributed by atoms with Crippen LogP contribution >= 0.6 is 11.3 Å². The summed E-state index contributed by atoms with van der Waals surface area (Å²) in [7, 11) is 1.67. The normalized spacial score (nSPS) is 21.4. The molecule has 2 aromatic rings. The van der Waals surface area contributed by atoms with Crippen LogP contribution in [0, 0.1) is 5.92 Å². The number of anilines is 1. The van der Waals surface area contributed by atoms with Crippen molar-refractivity contribution in [2.75, 3.05) is 31.6 Å². The molecule has 6 heteroatoms. The fraction of sp³-hybridized carbons (Fsp3) is 0.579. The maximum Gasteiger partial charge on any atom is 0.229 e. The van der Waals surface area contributed by atoms with Gasteiger partial charge in [-0.1, -0.05) is 18.3 Å². The average molecular weight is 359 g/mol. The predicted molar refractivity (Wildman–Crippen MR) is 102 cm³/mol. The van der Waals surface area contributed by atoms with Gasteiger partial charge < -0.3 is 14.5 Å². The van der Waals surface area contributed by atoms with Gasteiger partial charge in [0, 0.05) is 31.7 Å². The van der Waals surface area contributed by atoms with E-state index in [1.807, 2.05) is 12.1 Å². The summed E-state index contributed by atoms with van der Waals surface area (Å²) in [6, 6.07) is 6.44. The molecule has 2 fully saturated rings. The maximum atomic E-state index is 12.8. The first-order valence-electron chi connectivity index (χ1n) is 9.19. The highest BCUT2D eigenvalue weighted by atomic mass is 32.1. The second kappa shape index (κ2) is 6.83. The Labute approximate surface area is 152 Å². The largest absolute Gasteiger partial charge is 0.497 e. The number of methoxy groups -OCH3 is 1. The maximum absolute atomic E-state index is 12.8. The first kappa shape index (κ1) is 16.6. The van der Waals surface area contributed by atoms with Gasteiger partial charge in [0.25, 0.3) is 0 Å². The third-order valence-corrected chi connectivity index (χ3v) is 6.56. The number of carbonyl (C=O) groups is 1. The first-order valence-corrected chi connectivity index (χ1v) is 10.0. The smallest absolute Gasteiger partial charge is 0.229 e. The summed E-state index contributed by atoms with van der Waals surface area (Å²) in [5, 5.41) is 1.01. The van der Waals surface area contributed by atoms with Crippen molar-refractivity contribution < 1.29 is 9.53 Å². The van der Waals surface area contributed by atoms with Crippen LogP contribution in [0.25, 0.3) is 10.2 Å². The van der Waals surface area contributed by atoms with E-state index in [-0.39, 0.29) is 5.92 Å². The minimum absolute atomic E-state index is 0.133. The first-order chi connectivity index (χ1) is 12.2. The van der Waals surface area contributed by atoms with Crippen molar-refractivity contribution in [2.45, 2.75) is 38.6 Å². The number of nitrogens with zero attached hydrogens (tertiary/aromatic N) is 3. The van der Waals surface area contributed by atoms with Crippen molar-refractivity contribution in [3.8, 4) is 5.75 Å². The number of hydrogen-bond donors (Lipinski definition) is 0. The molecule has 25 heavy (non-hydrogen) atoms. The van der Waals surface area contributed by atoms with E-state index >= 15 is 0 Å². The van der Waals surface area contributed by atoms with Crippen molar-refractivity contribution in [3.05, 3.63) is 18.2 Å². The molecule has 5 nitrogen and oxygen atoms in total. The highest BCUT2D eigenvalue weighted by Gasteiger charge is 2.39. The number of hydrogen-bond acceptors (Lipinski definition) is 5. The lowest BCUT2D eigenvalue weighted by atomic mass is 9.94. The van der Waals surface area contributed by atoms with E-state index < -0.39 is 0 Å². The molecule has 0 spiro atoms. The van der Waals surface area contributed by atoms with Gasteiger partial charge in [-0.3, -0.25) is 4.79 Å². The Bertz CT molecular complexity index is 769. The summed E-state index contributed by atoms with van der Waals surface area (Å²) < 4.78 is 6.43. The Balaban J connectivity index is 1.42. The molecule has 4 rings (SSSR count). The molecule has 1 amide bonds. The number of carbonyl (C=O) groups excluding carboxylic acids is 1. The van der Waals surface area contributed by atoms with E-state index in [0.717, 1.165) is 53.6 Å². The van der Waals surface area contributed by atoms with Crippen LogP contribution in [-0.4, -0.2) is 48.6 Å². The van der Waals surface area contributed by atoms with Gasteiger partial charge in [0.15, 0.2) is 5.13 Å². The Morgan fingerprint density at radius 1 is 1.36 bits per heavy atom. The second-order valence-electron chi connectivity index (χ2n) is 7.02. The number of amides is 1. The third kappa shape index (κ3) is 3.08. The Morgan fingerprint density at radius 2 is 2.20 bits per heavy atom. The molecule has 3 heterocycles. The highest BCUT2D eigenvalue weighted by molar-refractivity contribution is 7.22. The number of thiazole rings is 1. The van der Waals surface area contributed by atoms with Crippen LogP contribution in [-0.2, 0) is 4.79 Å². The standard InChI is InChI=1S/C19H25N3O2S/c1-3-14-6-4-5-9-22(14)18(23)13-11-21(12-13)19-20-16-10-15(24-2)7-8-17(16)25-19/h7-8,10,13-14H,3-6,9,11-12H2,1-2H3. The molecule has 2 aliphatic heterocycles. The van der Waals surface area contributed by atoms with E-state index in [0.29, 0.717) is 11.9 Å². The van der Waals surface area contributed by atoms with Crippen LogP contribution < -0.4 is 9.64 Å². The molecule has 134 valence electrons. The van der Waals surface area contributed by atoms with E-state index in [4.69, 9.17) is 9.72 Å². The van der Waals surface area contributed by atoms with Crippen LogP contribution in [0.1, 0.15) is 32.6 Å². The Kier molecular flexibility index (Phi) is 4.54. The minimum atomic E-state index is 0.133. The summed E-state index contributed by atoms with van der Waals surface area (Å²) in [5.74, 6) is 1.32.